The Morgan fingerprint density at radius 3 is 2.30 bits per heavy atom. The second-order valence-corrected chi connectivity index (χ2v) is 13.2. The van der Waals surface area contributed by atoms with E-state index >= 15 is 0 Å². The maximum absolute atomic E-state index is 6.58. The van der Waals surface area contributed by atoms with Crippen LogP contribution in [0.1, 0.15) is 40.2 Å². The van der Waals surface area contributed by atoms with Crippen molar-refractivity contribution in [2.24, 2.45) is 5.92 Å². The van der Waals surface area contributed by atoms with Crippen molar-refractivity contribution in [2.45, 2.75) is 64.3 Å². The first kappa shape index (κ1) is 16.7. The van der Waals surface area contributed by atoms with Gasteiger partial charge < -0.3 is 13.9 Å². The van der Waals surface area contributed by atoms with E-state index in [2.05, 4.69) is 59.8 Å². The molecule has 3 atom stereocenters. The summed E-state index contributed by atoms with van der Waals surface area (Å²) >= 11 is 0. The van der Waals surface area contributed by atoms with Crippen molar-refractivity contribution in [3.63, 3.8) is 0 Å². The highest BCUT2D eigenvalue weighted by Crippen LogP contribution is 2.62. The van der Waals surface area contributed by atoms with Gasteiger partial charge in [-0.3, -0.25) is 0 Å². The van der Waals surface area contributed by atoms with Crippen molar-refractivity contribution in [1.29, 1.82) is 0 Å². The van der Waals surface area contributed by atoms with E-state index in [4.69, 9.17) is 13.9 Å². The van der Waals surface area contributed by atoms with Gasteiger partial charge in [0.05, 0.1) is 6.26 Å². The molecule has 3 nitrogen and oxygen atoms in total. The lowest BCUT2D eigenvalue weighted by Gasteiger charge is -2.59. The van der Waals surface area contributed by atoms with Crippen LogP contribution in [0.4, 0.5) is 0 Å². The lowest BCUT2D eigenvalue weighted by Crippen LogP contribution is -2.69. The average molecular weight is 333 g/mol. The molecule has 2 aliphatic heterocycles. The summed E-state index contributed by atoms with van der Waals surface area (Å²) in [6, 6.07) is 10.4. The van der Waals surface area contributed by atoms with Crippen LogP contribution in [0.3, 0.4) is 0 Å². The van der Waals surface area contributed by atoms with Crippen molar-refractivity contribution >= 4 is 8.32 Å². The third-order valence-electron chi connectivity index (χ3n) is 5.67. The van der Waals surface area contributed by atoms with E-state index in [1.54, 1.807) is 0 Å². The minimum absolute atomic E-state index is 0.0894. The van der Waals surface area contributed by atoms with Gasteiger partial charge in [0.1, 0.15) is 11.5 Å². The summed E-state index contributed by atoms with van der Waals surface area (Å²) in [7, 11) is -2.01. The Balaban J connectivity index is 1.92. The largest absolute Gasteiger partial charge is 0.447 e. The highest BCUT2D eigenvalue weighted by Gasteiger charge is 2.71. The minimum atomic E-state index is -2.01. The fraction of sp³-hybridized carbons (Fsp3) is 0.579. The molecule has 0 radical (unpaired) electrons. The van der Waals surface area contributed by atoms with Crippen molar-refractivity contribution in [1.82, 2.24) is 0 Å². The van der Waals surface area contributed by atoms with Crippen LogP contribution in [0.15, 0.2) is 42.2 Å². The smallest absolute Gasteiger partial charge is 0.328 e. The molecule has 0 aromatic heterocycles. The molecule has 0 bridgehead atoms. The fourth-order valence-electron chi connectivity index (χ4n) is 3.35. The highest BCUT2D eigenvalue weighted by atomic mass is 28.4. The second-order valence-electron chi connectivity index (χ2n) is 8.45. The number of rotatable bonds is 3. The molecule has 23 heavy (non-hydrogen) atoms. The third kappa shape index (κ3) is 2.39. The number of fused-ring (bicyclic) bond motifs is 1. The molecule has 0 unspecified atom stereocenters. The molecule has 4 heteroatoms. The summed E-state index contributed by atoms with van der Waals surface area (Å²) in [6.07, 6.45) is 1.81. The molecular weight excluding hydrogens is 304 g/mol. The number of ether oxygens (including phenoxy) is 2. The van der Waals surface area contributed by atoms with E-state index in [9.17, 15) is 0 Å². The summed E-state index contributed by atoms with van der Waals surface area (Å²) in [6.45, 7) is 15.4. The van der Waals surface area contributed by atoms with Crippen molar-refractivity contribution in [3.8, 4) is 0 Å². The van der Waals surface area contributed by atoms with Crippen LogP contribution in [-0.4, -0.2) is 14.3 Å². The molecule has 1 fully saturated rings. The maximum Gasteiger partial charge on any atom is 0.328 e. The summed E-state index contributed by atoms with van der Waals surface area (Å²) in [5.41, 5.74) is 1.94. The lowest BCUT2D eigenvalue weighted by atomic mass is 9.73. The Kier molecular flexibility index (Phi) is 3.60. The summed E-state index contributed by atoms with van der Waals surface area (Å²) in [5, 5.41) is 0.105. The third-order valence-corrected chi connectivity index (χ3v) is 10.1. The Hall–Kier alpha value is -1.10. The maximum atomic E-state index is 6.58. The molecule has 2 heterocycles. The predicted molar refractivity (Wildman–Crippen MR) is 94.2 cm³/mol. The van der Waals surface area contributed by atoms with E-state index in [1.807, 2.05) is 24.5 Å². The van der Waals surface area contributed by atoms with Gasteiger partial charge in [0.2, 0.25) is 8.32 Å². The molecular formula is C19H28O3Si. The first-order valence-electron chi connectivity index (χ1n) is 8.32. The molecule has 0 N–H and O–H groups in total. The summed E-state index contributed by atoms with van der Waals surface area (Å²) in [5.74, 6) is -0.857. The molecule has 1 aromatic carbocycles. The van der Waals surface area contributed by atoms with E-state index in [1.165, 1.54) is 5.57 Å². The van der Waals surface area contributed by atoms with Crippen LogP contribution in [0.5, 0.6) is 0 Å². The summed E-state index contributed by atoms with van der Waals surface area (Å²) < 4.78 is 18.9. The van der Waals surface area contributed by atoms with Gasteiger partial charge in [-0.15, -0.1) is 0 Å². The predicted octanol–water partition coefficient (Wildman–Crippen LogP) is 5.16. The van der Waals surface area contributed by atoms with Gasteiger partial charge in [0.15, 0.2) is 0 Å². The molecule has 3 rings (SSSR count). The Bertz CT molecular complexity index is 632. The van der Waals surface area contributed by atoms with Crippen LogP contribution in [-0.2, 0) is 19.5 Å². The highest BCUT2D eigenvalue weighted by molar-refractivity contribution is 6.74. The first-order chi connectivity index (χ1) is 10.5. The molecule has 1 saturated heterocycles. The van der Waals surface area contributed by atoms with E-state index in [0.29, 0.717) is 0 Å². The van der Waals surface area contributed by atoms with Crippen LogP contribution < -0.4 is 0 Å². The van der Waals surface area contributed by atoms with Crippen LogP contribution in [0, 0.1) is 5.92 Å². The molecule has 0 saturated carbocycles. The normalized spacial score (nSPS) is 33.5. The zero-order chi connectivity index (χ0) is 17.1. The molecule has 2 aliphatic rings. The molecule has 126 valence electrons. The molecule has 0 amide bonds. The zero-order valence-electron chi connectivity index (χ0n) is 15.3. The Labute approximate surface area is 140 Å². The van der Waals surface area contributed by atoms with Gasteiger partial charge >= 0.3 is 5.97 Å². The number of benzene rings is 1. The Morgan fingerprint density at radius 1 is 1.13 bits per heavy atom. The van der Waals surface area contributed by atoms with Gasteiger partial charge in [-0.1, -0.05) is 51.1 Å². The van der Waals surface area contributed by atoms with Gasteiger partial charge in [-0.05, 0) is 43.1 Å². The zero-order valence-corrected chi connectivity index (χ0v) is 16.3. The second kappa shape index (κ2) is 4.95. The topological polar surface area (TPSA) is 27.7 Å². The number of hydrogen-bond acceptors (Lipinski definition) is 3. The minimum Gasteiger partial charge on any atom is -0.447 e. The number of hydrogen-bond donors (Lipinski definition) is 0. The SMILES string of the molecule is CC1=CO[C@]2(O[Si](C)(C)C(C)(C)C)O[C@@](C)(c3ccccc3)[C@H]12. The average Bonchev–Trinajstić information content (AvgIpc) is 2.69. The van der Waals surface area contributed by atoms with Crippen molar-refractivity contribution in [3.05, 3.63) is 47.7 Å². The van der Waals surface area contributed by atoms with Crippen LogP contribution in [0.2, 0.25) is 18.1 Å². The van der Waals surface area contributed by atoms with Crippen LogP contribution in [0.25, 0.3) is 0 Å². The Morgan fingerprint density at radius 2 is 1.74 bits per heavy atom. The van der Waals surface area contributed by atoms with Gasteiger partial charge in [-0.25, -0.2) is 0 Å². The van der Waals surface area contributed by atoms with Gasteiger partial charge in [0, 0.05) is 0 Å². The van der Waals surface area contributed by atoms with Crippen molar-refractivity contribution in [2.75, 3.05) is 0 Å². The van der Waals surface area contributed by atoms with Crippen molar-refractivity contribution < 1.29 is 13.9 Å². The standard InChI is InChI=1S/C19H28O3Si/c1-14-13-20-19(22-23(6,7)17(2,3)4)16(14)18(5,21-19)15-11-9-8-10-12-15/h8-13,16H,1-7H3/t16-,18-,19-/m0/s1. The fourth-order valence-corrected chi connectivity index (χ4v) is 4.57. The summed E-state index contributed by atoms with van der Waals surface area (Å²) in [4.78, 5) is 0. The molecule has 0 spiro atoms. The van der Waals surface area contributed by atoms with E-state index in [-0.39, 0.29) is 11.0 Å². The monoisotopic (exact) mass is 332 g/mol. The van der Waals surface area contributed by atoms with Crippen LogP contribution >= 0.6 is 0 Å². The lowest BCUT2D eigenvalue weighted by molar-refractivity contribution is -0.474. The molecule has 1 aromatic rings. The van der Waals surface area contributed by atoms with E-state index < -0.39 is 19.9 Å². The van der Waals surface area contributed by atoms with Gasteiger partial charge in [0.25, 0.3) is 0 Å². The first-order valence-corrected chi connectivity index (χ1v) is 11.2. The molecule has 0 aliphatic carbocycles. The van der Waals surface area contributed by atoms with Gasteiger partial charge in [-0.2, -0.15) is 0 Å². The quantitative estimate of drug-likeness (QED) is 0.716. The van der Waals surface area contributed by atoms with E-state index in [0.717, 1.165) is 5.56 Å².